The van der Waals surface area contributed by atoms with Crippen molar-refractivity contribution < 1.29 is 18.0 Å². The summed E-state index contributed by atoms with van der Waals surface area (Å²) in [6.45, 7) is 1.85. The predicted octanol–water partition coefficient (Wildman–Crippen LogP) is 4.96. The molecule has 0 aliphatic heterocycles. The van der Waals surface area contributed by atoms with Crippen LogP contribution in [0.3, 0.4) is 0 Å². The molecular formula is C21H15F3N6OS. The van der Waals surface area contributed by atoms with E-state index < -0.39 is 11.3 Å². The summed E-state index contributed by atoms with van der Waals surface area (Å²) in [4.78, 5) is 23.5. The van der Waals surface area contributed by atoms with Crippen LogP contribution in [-0.4, -0.2) is 36.0 Å². The Labute approximate surface area is 182 Å². The smallest absolute Gasteiger partial charge is 0.383 e. The Balaban J connectivity index is 1.48. The lowest BCUT2D eigenvalue weighted by Crippen LogP contribution is -2.07. The molecule has 2 aromatic carbocycles. The zero-order valence-corrected chi connectivity index (χ0v) is 17.3. The van der Waals surface area contributed by atoms with Gasteiger partial charge < -0.3 is 15.7 Å². The fourth-order valence-electron chi connectivity index (χ4n) is 3.57. The van der Waals surface area contributed by atoms with E-state index in [1.807, 2.05) is 19.1 Å². The molecule has 0 saturated heterocycles. The predicted molar refractivity (Wildman–Crippen MR) is 116 cm³/mol. The van der Waals surface area contributed by atoms with Crippen LogP contribution in [0.2, 0.25) is 0 Å². The van der Waals surface area contributed by atoms with Gasteiger partial charge in [0.25, 0.3) is 0 Å². The number of nitrogens with one attached hydrogen (secondary N) is 2. The number of nitrogens with zero attached hydrogens (tertiary/aromatic N) is 3. The third-order valence-corrected chi connectivity index (χ3v) is 5.67. The van der Waals surface area contributed by atoms with E-state index in [1.165, 1.54) is 35.1 Å². The van der Waals surface area contributed by atoms with Crippen LogP contribution in [0.1, 0.15) is 21.9 Å². The van der Waals surface area contributed by atoms with Crippen molar-refractivity contribution in [2.24, 2.45) is 0 Å². The molecule has 5 aromatic rings. The number of nitrogens with two attached hydrogens (primary N) is 1. The molecule has 7 nitrogen and oxygen atoms in total. The maximum absolute atomic E-state index is 13.0. The first-order valence-corrected chi connectivity index (χ1v) is 10.2. The number of nitrogen functional groups attached to an aromatic ring is 1. The number of carbonyl (C=O) groups excluding carboxylic acids is 1. The molecule has 0 aliphatic carbocycles. The zero-order chi connectivity index (χ0) is 22.6. The second-order valence-corrected chi connectivity index (χ2v) is 8.33. The highest BCUT2D eigenvalue weighted by Gasteiger charge is 2.29. The van der Waals surface area contributed by atoms with E-state index in [0.29, 0.717) is 16.6 Å². The number of carbonyl (C=O) groups is 1. The number of anilines is 1. The second kappa shape index (κ2) is 7.16. The highest BCUT2D eigenvalue weighted by atomic mass is 32.2. The van der Waals surface area contributed by atoms with Gasteiger partial charge in [-0.2, -0.15) is 18.3 Å². The van der Waals surface area contributed by atoms with E-state index in [2.05, 4.69) is 20.1 Å². The van der Waals surface area contributed by atoms with Gasteiger partial charge in [-0.3, -0.25) is 4.79 Å². The molecule has 3 heterocycles. The minimum atomic E-state index is -4.39. The Bertz CT molecular complexity index is 1500. The van der Waals surface area contributed by atoms with Gasteiger partial charge in [0.1, 0.15) is 11.6 Å². The molecule has 4 N–H and O–H groups in total. The molecule has 0 radical (unpaired) electrons. The maximum Gasteiger partial charge on any atom is 0.446 e. The normalized spacial score (nSPS) is 12.1. The fraction of sp³-hybridized carbons (Fsp3) is 0.0952. The first-order valence-electron chi connectivity index (χ1n) is 9.41. The number of fused-ring (bicyclic) bond motifs is 2. The number of thioether (sulfide) groups is 1. The van der Waals surface area contributed by atoms with Crippen molar-refractivity contribution in [2.45, 2.75) is 17.3 Å². The third kappa shape index (κ3) is 3.60. The number of H-pyrrole nitrogens is 2. The van der Waals surface area contributed by atoms with E-state index in [9.17, 15) is 18.0 Å². The first-order chi connectivity index (χ1) is 15.2. The van der Waals surface area contributed by atoms with Crippen molar-refractivity contribution in [1.29, 1.82) is 0 Å². The minimum absolute atomic E-state index is 0.0415. The molecule has 0 amide bonds. The number of aryl methyl sites for hydroxylation is 1. The second-order valence-electron chi connectivity index (χ2n) is 7.19. The van der Waals surface area contributed by atoms with Gasteiger partial charge in [-0.25, -0.2) is 9.67 Å². The standard InChI is InChI=1S/C21H15F3N6OS/c1-10-27-16-4-2-12(8-17(16)28-10)30-20(25)14(9-26-30)19(31)18-7-11-6-13(32-21(22,23)24)3-5-15(11)29-18/h2-9,29H,25H2,1H3,(H,27,28). The summed E-state index contributed by atoms with van der Waals surface area (Å²) in [5.74, 6) is 0.517. The van der Waals surface area contributed by atoms with E-state index in [0.717, 1.165) is 16.9 Å². The number of hydrogen-bond donors (Lipinski definition) is 3. The molecule has 32 heavy (non-hydrogen) atoms. The van der Waals surface area contributed by atoms with Crippen LogP contribution in [0.15, 0.2) is 53.6 Å². The average Bonchev–Trinajstić information content (AvgIpc) is 3.40. The number of benzene rings is 2. The number of halogens is 3. The summed E-state index contributed by atoms with van der Waals surface area (Å²) < 4.78 is 39.4. The van der Waals surface area contributed by atoms with Crippen LogP contribution in [0.4, 0.5) is 19.0 Å². The topological polar surface area (TPSA) is 105 Å². The average molecular weight is 456 g/mol. The van der Waals surface area contributed by atoms with Gasteiger partial charge in [0.2, 0.25) is 5.78 Å². The molecule has 5 rings (SSSR count). The van der Waals surface area contributed by atoms with Gasteiger partial charge in [-0.15, -0.1) is 0 Å². The quantitative estimate of drug-likeness (QED) is 0.262. The van der Waals surface area contributed by atoms with E-state index in [-0.39, 0.29) is 33.7 Å². The van der Waals surface area contributed by atoms with E-state index in [4.69, 9.17) is 5.73 Å². The van der Waals surface area contributed by atoms with Crippen molar-refractivity contribution in [3.05, 3.63) is 65.7 Å². The molecular weight excluding hydrogens is 441 g/mol. The van der Waals surface area contributed by atoms with Gasteiger partial charge in [0, 0.05) is 15.8 Å². The Morgan fingerprint density at radius 2 is 1.91 bits per heavy atom. The number of aromatic nitrogens is 5. The number of aromatic amines is 2. The van der Waals surface area contributed by atoms with Crippen LogP contribution in [0.25, 0.3) is 27.6 Å². The molecule has 0 bridgehead atoms. The van der Waals surface area contributed by atoms with Crippen molar-refractivity contribution in [3.63, 3.8) is 0 Å². The Kier molecular flexibility index (Phi) is 4.52. The minimum Gasteiger partial charge on any atom is -0.383 e. The molecule has 0 atom stereocenters. The van der Waals surface area contributed by atoms with E-state index >= 15 is 0 Å². The van der Waals surface area contributed by atoms with Gasteiger partial charge in [-0.1, -0.05) is 0 Å². The first kappa shape index (κ1) is 20.2. The summed E-state index contributed by atoms with van der Waals surface area (Å²) in [5, 5.41) is 4.74. The van der Waals surface area contributed by atoms with Gasteiger partial charge in [-0.05, 0) is 61.2 Å². The fourth-order valence-corrected chi connectivity index (χ4v) is 4.16. The lowest BCUT2D eigenvalue weighted by atomic mass is 10.1. The maximum atomic E-state index is 13.0. The summed E-state index contributed by atoms with van der Waals surface area (Å²) >= 11 is -0.204. The molecule has 3 aromatic heterocycles. The Morgan fingerprint density at radius 1 is 1.09 bits per heavy atom. The summed E-state index contributed by atoms with van der Waals surface area (Å²) in [6.07, 6.45) is 1.37. The molecule has 162 valence electrons. The van der Waals surface area contributed by atoms with Crippen molar-refractivity contribution >= 4 is 45.3 Å². The number of rotatable bonds is 4. The van der Waals surface area contributed by atoms with Crippen molar-refractivity contribution in [2.75, 3.05) is 5.73 Å². The molecule has 0 saturated carbocycles. The molecule has 0 unspecified atom stereocenters. The highest BCUT2D eigenvalue weighted by molar-refractivity contribution is 8.00. The van der Waals surface area contributed by atoms with Crippen LogP contribution in [0, 0.1) is 6.92 Å². The lowest BCUT2D eigenvalue weighted by molar-refractivity contribution is -0.0328. The number of imidazole rings is 1. The SMILES string of the molecule is Cc1nc2ccc(-n3ncc(C(=O)c4cc5cc(SC(F)(F)F)ccc5[nH]4)c3N)cc2[nH]1. The summed E-state index contributed by atoms with van der Waals surface area (Å²) in [5.41, 5.74) is 5.04. The van der Waals surface area contributed by atoms with Gasteiger partial charge in [0.05, 0.1) is 34.2 Å². The van der Waals surface area contributed by atoms with Crippen molar-refractivity contribution in [3.8, 4) is 5.69 Å². The molecule has 0 spiro atoms. The highest BCUT2D eigenvalue weighted by Crippen LogP contribution is 2.38. The van der Waals surface area contributed by atoms with Crippen molar-refractivity contribution in [1.82, 2.24) is 24.7 Å². The molecule has 11 heteroatoms. The number of ketones is 1. The van der Waals surface area contributed by atoms with Crippen LogP contribution in [-0.2, 0) is 0 Å². The van der Waals surface area contributed by atoms with Crippen LogP contribution >= 0.6 is 11.8 Å². The van der Waals surface area contributed by atoms with Crippen LogP contribution < -0.4 is 5.73 Å². The Hall–Kier alpha value is -3.73. The summed E-state index contributed by atoms with van der Waals surface area (Å²) in [7, 11) is 0. The Morgan fingerprint density at radius 3 is 2.69 bits per heavy atom. The number of hydrogen-bond acceptors (Lipinski definition) is 5. The van der Waals surface area contributed by atoms with Gasteiger partial charge >= 0.3 is 5.51 Å². The zero-order valence-electron chi connectivity index (χ0n) is 16.5. The van der Waals surface area contributed by atoms with Gasteiger partial charge in [0.15, 0.2) is 0 Å². The van der Waals surface area contributed by atoms with Crippen LogP contribution in [0.5, 0.6) is 0 Å². The summed E-state index contributed by atoms with van der Waals surface area (Å²) in [6, 6.07) is 11.2. The monoisotopic (exact) mass is 456 g/mol. The van der Waals surface area contributed by atoms with E-state index in [1.54, 1.807) is 6.07 Å². The number of alkyl halides is 3. The molecule has 0 fully saturated rings. The third-order valence-electron chi connectivity index (χ3n) is 4.95. The molecule has 0 aliphatic rings. The largest absolute Gasteiger partial charge is 0.446 e. The lowest BCUT2D eigenvalue weighted by Gasteiger charge is -2.05.